The van der Waals surface area contributed by atoms with Crippen LogP contribution in [0, 0.1) is 0 Å². The second kappa shape index (κ2) is 3.96. The van der Waals surface area contributed by atoms with Gasteiger partial charge in [-0.15, -0.1) is 0 Å². The van der Waals surface area contributed by atoms with Gasteiger partial charge in [-0.2, -0.15) is 0 Å². The molecule has 0 radical (unpaired) electrons. The Morgan fingerprint density at radius 1 is 1.33 bits per heavy atom. The number of hydrogen-bond donors (Lipinski definition) is 1. The summed E-state index contributed by atoms with van der Waals surface area (Å²) in [5.74, 6) is -0.0507. The first-order valence-electron chi connectivity index (χ1n) is 4.54. The number of nitrogens with zero attached hydrogens (tertiary/aromatic N) is 1. The van der Waals surface area contributed by atoms with Gasteiger partial charge in [0.2, 0.25) is 0 Å². The highest BCUT2D eigenvalue weighted by Gasteiger charge is 2.08. The molecule has 0 unspecified atom stereocenters. The number of benzene rings is 1. The zero-order valence-corrected chi connectivity index (χ0v) is 8.01. The van der Waals surface area contributed by atoms with E-state index in [-0.39, 0.29) is 5.89 Å². The van der Waals surface area contributed by atoms with E-state index in [4.69, 9.17) is 10.2 Å². The highest BCUT2D eigenvalue weighted by molar-refractivity contribution is 5.87. The highest BCUT2D eigenvalue weighted by atomic mass is 16.4. The van der Waals surface area contributed by atoms with E-state index >= 15 is 0 Å². The Hall–Kier alpha value is -2.10. The molecule has 2 aromatic rings. The van der Waals surface area contributed by atoms with Gasteiger partial charge in [0.05, 0.1) is 6.20 Å². The number of hydrogen-bond acceptors (Lipinski definition) is 3. The number of amides is 1. The van der Waals surface area contributed by atoms with Crippen LogP contribution in [0.4, 0.5) is 0 Å². The molecule has 4 heteroatoms. The standard InChI is InChI=1S/C11H10N2O2/c12-10(14)11-13-7-9(15-11)6-8-4-2-1-3-5-8/h1-5,7H,6H2,(H2,12,14). The summed E-state index contributed by atoms with van der Waals surface area (Å²) < 4.78 is 5.16. The van der Waals surface area contributed by atoms with E-state index in [1.165, 1.54) is 6.20 Å². The van der Waals surface area contributed by atoms with Crippen LogP contribution >= 0.6 is 0 Å². The second-order valence-corrected chi connectivity index (χ2v) is 3.16. The fraction of sp³-hybridized carbons (Fsp3) is 0.0909. The molecule has 1 aromatic carbocycles. The summed E-state index contributed by atoms with van der Waals surface area (Å²) in [5.41, 5.74) is 6.13. The van der Waals surface area contributed by atoms with Crippen LogP contribution in [0.2, 0.25) is 0 Å². The molecule has 76 valence electrons. The molecule has 0 aliphatic carbocycles. The molecule has 1 amide bonds. The fourth-order valence-corrected chi connectivity index (χ4v) is 1.30. The van der Waals surface area contributed by atoms with E-state index < -0.39 is 5.91 Å². The highest BCUT2D eigenvalue weighted by Crippen LogP contribution is 2.10. The minimum atomic E-state index is -0.644. The van der Waals surface area contributed by atoms with Crippen molar-refractivity contribution in [3.8, 4) is 0 Å². The first-order chi connectivity index (χ1) is 7.25. The third-order valence-corrected chi connectivity index (χ3v) is 1.99. The topological polar surface area (TPSA) is 69.1 Å². The van der Waals surface area contributed by atoms with Gasteiger partial charge < -0.3 is 10.2 Å². The van der Waals surface area contributed by atoms with Crippen LogP contribution in [-0.2, 0) is 6.42 Å². The lowest BCUT2D eigenvalue weighted by Crippen LogP contribution is -2.10. The largest absolute Gasteiger partial charge is 0.437 e. The molecule has 15 heavy (non-hydrogen) atoms. The summed E-state index contributed by atoms with van der Waals surface area (Å²) in [7, 11) is 0. The van der Waals surface area contributed by atoms with Crippen LogP contribution in [0.3, 0.4) is 0 Å². The third-order valence-electron chi connectivity index (χ3n) is 1.99. The molecule has 0 atom stereocenters. The fourth-order valence-electron chi connectivity index (χ4n) is 1.30. The predicted octanol–water partition coefficient (Wildman–Crippen LogP) is 1.36. The molecule has 0 saturated heterocycles. The smallest absolute Gasteiger partial charge is 0.304 e. The molecule has 0 bridgehead atoms. The Morgan fingerprint density at radius 2 is 2.07 bits per heavy atom. The van der Waals surface area contributed by atoms with Gasteiger partial charge in [-0.3, -0.25) is 4.79 Å². The van der Waals surface area contributed by atoms with Crippen molar-refractivity contribution in [1.82, 2.24) is 4.98 Å². The van der Waals surface area contributed by atoms with Crippen molar-refractivity contribution < 1.29 is 9.21 Å². The summed E-state index contributed by atoms with van der Waals surface area (Å²) in [5, 5.41) is 0. The van der Waals surface area contributed by atoms with E-state index in [1.54, 1.807) is 0 Å². The van der Waals surface area contributed by atoms with Gasteiger partial charge in [0.25, 0.3) is 5.89 Å². The van der Waals surface area contributed by atoms with Crippen LogP contribution in [0.1, 0.15) is 22.0 Å². The molecule has 0 aliphatic rings. The van der Waals surface area contributed by atoms with Gasteiger partial charge in [-0.25, -0.2) is 4.98 Å². The molecule has 4 nitrogen and oxygen atoms in total. The lowest BCUT2D eigenvalue weighted by Gasteiger charge is -1.95. The lowest BCUT2D eigenvalue weighted by molar-refractivity contribution is 0.0965. The first-order valence-corrected chi connectivity index (χ1v) is 4.54. The average molecular weight is 202 g/mol. The Labute approximate surface area is 86.7 Å². The van der Waals surface area contributed by atoms with Crippen molar-refractivity contribution >= 4 is 5.91 Å². The SMILES string of the molecule is NC(=O)c1ncc(Cc2ccccc2)o1. The van der Waals surface area contributed by atoms with E-state index in [9.17, 15) is 4.79 Å². The van der Waals surface area contributed by atoms with Crippen molar-refractivity contribution in [1.29, 1.82) is 0 Å². The number of carbonyl (C=O) groups excluding carboxylic acids is 1. The molecular weight excluding hydrogens is 192 g/mol. The number of oxazole rings is 1. The molecule has 1 heterocycles. The van der Waals surface area contributed by atoms with E-state index in [0.29, 0.717) is 12.2 Å². The maximum absolute atomic E-state index is 10.7. The molecule has 2 N–H and O–H groups in total. The number of rotatable bonds is 3. The van der Waals surface area contributed by atoms with Gasteiger partial charge in [0, 0.05) is 6.42 Å². The minimum Gasteiger partial charge on any atom is -0.437 e. The zero-order chi connectivity index (χ0) is 10.7. The maximum Gasteiger partial charge on any atom is 0.304 e. The Bertz CT molecular complexity index is 462. The lowest BCUT2D eigenvalue weighted by atomic mass is 10.1. The summed E-state index contributed by atoms with van der Waals surface area (Å²) in [6.07, 6.45) is 2.13. The molecule has 0 aliphatic heterocycles. The van der Waals surface area contributed by atoms with Gasteiger partial charge in [-0.1, -0.05) is 30.3 Å². The van der Waals surface area contributed by atoms with Crippen LogP contribution < -0.4 is 5.73 Å². The van der Waals surface area contributed by atoms with Crippen molar-refractivity contribution in [2.45, 2.75) is 6.42 Å². The maximum atomic E-state index is 10.7. The van der Waals surface area contributed by atoms with E-state index in [2.05, 4.69) is 4.98 Å². The third kappa shape index (κ3) is 2.22. The molecular formula is C11H10N2O2. The minimum absolute atomic E-state index is 0.0408. The van der Waals surface area contributed by atoms with Gasteiger partial charge in [0.15, 0.2) is 0 Å². The van der Waals surface area contributed by atoms with Crippen LogP contribution in [0.25, 0.3) is 0 Å². The van der Waals surface area contributed by atoms with Crippen LogP contribution in [-0.4, -0.2) is 10.9 Å². The van der Waals surface area contributed by atoms with Crippen molar-refractivity contribution in [3.05, 3.63) is 53.7 Å². The summed E-state index contributed by atoms with van der Waals surface area (Å²) in [6.45, 7) is 0. The Balaban J connectivity index is 2.15. The van der Waals surface area contributed by atoms with E-state index in [0.717, 1.165) is 5.56 Å². The van der Waals surface area contributed by atoms with E-state index in [1.807, 2.05) is 30.3 Å². The number of carbonyl (C=O) groups is 1. The van der Waals surface area contributed by atoms with Crippen molar-refractivity contribution in [3.63, 3.8) is 0 Å². The summed E-state index contributed by atoms with van der Waals surface area (Å²) >= 11 is 0. The van der Waals surface area contributed by atoms with Crippen LogP contribution in [0.15, 0.2) is 40.9 Å². The Morgan fingerprint density at radius 3 is 2.67 bits per heavy atom. The average Bonchev–Trinajstić information content (AvgIpc) is 2.68. The molecule has 0 saturated carbocycles. The predicted molar refractivity (Wildman–Crippen MR) is 54.3 cm³/mol. The number of primary amides is 1. The first kappa shape index (κ1) is 9.45. The second-order valence-electron chi connectivity index (χ2n) is 3.16. The monoisotopic (exact) mass is 202 g/mol. The quantitative estimate of drug-likeness (QED) is 0.817. The molecule has 0 spiro atoms. The summed E-state index contributed by atoms with van der Waals surface area (Å²) in [4.78, 5) is 14.5. The molecule has 1 aromatic heterocycles. The van der Waals surface area contributed by atoms with Crippen molar-refractivity contribution in [2.24, 2.45) is 5.73 Å². The summed E-state index contributed by atoms with van der Waals surface area (Å²) in [6, 6.07) is 9.79. The molecule has 0 fully saturated rings. The van der Waals surface area contributed by atoms with Crippen LogP contribution in [0.5, 0.6) is 0 Å². The van der Waals surface area contributed by atoms with Gasteiger partial charge >= 0.3 is 5.91 Å². The normalized spacial score (nSPS) is 10.1. The zero-order valence-electron chi connectivity index (χ0n) is 8.01. The van der Waals surface area contributed by atoms with Crippen molar-refractivity contribution in [2.75, 3.05) is 0 Å². The van der Waals surface area contributed by atoms with Gasteiger partial charge in [0.1, 0.15) is 5.76 Å². The Kier molecular flexibility index (Phi) is 2.49. The number of nitrogens with two attached hydrogens (primary N) is 1. The van der Waals surface area contributed by atoms with Gasteiger partial charge in [-0.05, 0) is 5.56 Å². The molecule has 2 rings (SSSR count). The number of aromatic nitrogens is 1.